The summed E-state index contributed by atoms with van der Waals surface area (Å²) in [6.45, 7) is 2.00. The van der Waals surface area contributed by atoms with Crippen molar-refractivity contribution in [2.45, 2.75) is 13.3 Å². The van der Waals surface area contributed by atoms with Gasteiger partial charge >= 0.3 is 0 Å². The van der Waals surface area contributed by atoms with Crippen LogP contribution in [0.2, 0.25) is 0 Å². The molecule has 0 radical (unpaired) electrons. The molecule has 0 atom stereocenters. The number of hydrogen-bond acceptors (Lipinski definition) is 3. The van der Waals surface area contributed by atoms with Gasteiger partial charge in [-0.3, -0.25) is 9.59 Å². The van der Waals surface area contributed by atoms with E-state index in [1.807, 2.05) is 19.1 Å². The highest BCUT2D eigenvalue weighted by atomic mass is 16.3. The second-order valence-electron chi connectivity index (χ2n) is 4.22. The van der Waals surface area contributed by atoms with Gasteiger partial charge in [0.2, 0.25) is 5.91 Å². The minimum Gasteiger partial charge on any atom is -0.462 e. The van der Waals surface area contributed by atoms with Crippen LogP contribution >= 0.6 is 0 Å². The molecule has 1 aromatic heterocycles. The molecule has 0 aliphatic carbocycles. The van der Waals surface area contributed by atoms with Crippen LogP contribution in [0.3, 0.4) is 0 Å². The molecule has 20 heavy (non-hydrogen) atoms. The molecule has 0 spiro atoms. The Labute approximate surface area is 117 Å². The lowest BCUT2D eigenvalue weighted by Gasteiger charge is -2.01. The minimum absolute atomic E-state index is 0.252. The van der Waals surface area contributed by atoms with Gasteiger partial charge < -0.3 is 9.73 Å². The van der Waals surface area contributed by atoms with Gasteiger partial charge in [-0.05, 0) is 42.5 Å². The first-order valence-corrected chi connectivity index (χ1v) is 6.34. The second-order valence-corrected chi connectivity index (χ2v) is 4.22. The molecule has 102 valence electrons. The van der Waals surface area contributed by atoms with Gasteiger partial charge in [0, 0.05) is 23.7 Å². The van der Waals surface area contributed by atoms with Crippen LogP contribution in [0.1, 0.15) is 28.8 Å². The average molecular weight is 269 g/mol. The molecule has 1 heterocycles. The summed E-state index contributed by atoms with van der Waals surface area (Å²) < 4.78 is 5.46. The quantitative estimate of drug-likeness (QED) is 0.669. The number of aldehydes is 1. The van der Waals surface area contributed by atoms with Crippen LogP contribution in [-0.4, -0.2) is 12.2 Å². The van der Waals surface area contributed by atoms with Gasteiger partial charge in [0.25, 0.3) is 0 Å². The zero-order valence-electron chi connectivity index (χ0n) is 11.1. The molecule has 0 saturated heterocycles. The van der Waals surface area contributed by atoms with E-state index >= 15 is 0 Å². The van der Waals surface area contributed by atoms with E-state index in [0.717, 1.165) is 18.5 Å². The molecule has 1 N–H and O–H groups in total. The number of amides is 1. The number of anilines is 1. The summed E-state index contributed by atoms with van der Waals surface area (Å²) >= 11 is 0. The molecule has 4 heteroatoms. The lowest BCUT2D eigenvalue weighted by molar-refractivity contribution is -0.111. The highest BCUT2D eigenvalue weighted by Gasteiger charge is 2.00. The van der Waals surface area contributed by atoms with E-state index in [1.54, 1.807) is 30.3 Å². The Hall–Kier alpha value is -2.62. The van der Waals surface area contributed by atoms with E-state index in [0.29, 0.717) is 17.0 Å². The Morgan fingerprint density at radius 2 is 1.95 bits per heavy atom. The van der Waals surface area contributed by atoms with Crippen LogP contribution in [0, 0.1) is 0 Å². The number of benzene rings is 1. The van der Waals surface area contributed by atoms with Gasteiger partial charge in [0.1, 0.15) is 17.8 Å². The van der Waals surface area contributed by atoms with Crippen LogP contribution < -0.4 is 5.32 Å². The summed E-state index contributed by atoms with van der Waals surface area (Å²) in [5, 5.41) is 2.70. The predicted octanol–water partition coefficient (Wildman–Crippen LogP) is 3.31. The fraction of sp³-hybridized carbons (Fsp3) is 0.125. The third kappa shape index (κ3) is 3.68. The number of carbonyl (C=O) groups excluding carboxylic acids is 2. The van der Waals surface area contributed by atoms with Crippen molar-refractivity contribution in [1.82, 2.24) is 0 Å². The summed E-state index contributed by atoms with van der Waals surface area (Å²) in [6.07, 6.45) is 4.61. The van der Waals surface area contributed by atoms with Crippen LogP contribution in [0.4, 0.5) is 5.69 Å². The largest absolute Gasteiger partial charge is 0.462 e. The van der Waals surface area contributed by atoms with Crippen molar-refractivity contribution in [1.29, 1.82) is 0 Å². The molecule has 0 saturated carbocycles. The maximum absolute atomic E-state index is 11.7. The van der Waals surface area contributed by atoms with Crippen LogP contribution in [0.25, 0.3) is 6.08 Å². The van der Waals surface area contributed by atoms with Crippen molar-refractivity contribution >= 4 is 24.0 Å². The molecule has 1 amide bonds. The maximum atomic E-state index is 11.7. The van der Waals surface area contributed by atoms with Crippen molar-refractivity contribution in [3.63, 3.8) is 0 Å². The van der Waals surface area contributed by atoms with Gasteiger partial charge in [-0.25, -0.2) is 0 Å². The lowest BCUT2D eigenvalue weighted by atomic mass is 10.2. The molecule has 0 fully saturated rings. The first kappa shape index (κ1) is 13.8. The van der Waals surface area contributed by atoms with Gasteiger partial charge in [0.05, 0.1) is 0 Å². The topological polar surface area (TPSA) is 59.3 Å². The Kier molecular flexibility index (Phi) is 4.50. The number of carbonyl (C=O) groups is 2. The molecule has 0 bridgehead atoms. The van der Waals surface area contributed by atoms with E-state index in [1.165, 1.54) is 6.08 Å². The van der Waals surface area contributed by atoms with Crippen molar-refractivity contribution in [3.05, 3.63) is 59.6 Å². The zero-order valence-corrected chi connectivity index (χ0v) is 11.1. The standard InChI is InChI=1S/C16H15NO3/c1-2-14-7-8-15(20-14)9-10-16(19)17-13-5-3-12(11-18)4-6-13/h3-11H,2H2,1H3,(H,17,19)/b10-9+. The summed E-state index contributed by atoms with van der Waals surface area (Å²) in [5.41, 5.74) is 1.21. The Morgan fingerprint density at radius 3 is 2.55 bits per heavy atom. The number of furan rings is 1. The monoisotopic (exact) mass is 269 g/mol. The molecule has 0 unspecified atom stereocenters. The van der Waals surface area contributed by atoms with Gasteiger partial charge in [-0.1, -0.05) is 6.92 Å². The van der Waals surface area contributed by atoms with Crippen molar-refractivity contribution in [2.75, 3.05) is 5.32 Å². The third-order valence-corrected chi connectivity index (χ3v) is 2.74. The summed E-state index contributed by atoms with van der Waals surface area (Å²) in [5.74, 6) is 1.28. The van der Waals surface area contributed by atoms with Crippen molar-refractivity contribution < 1.29 is 14.0 Å². The van der Waals surface area contributed by atoms with Crippen LogP contribution in [-0.2, 0) is 11.2 Å². The number of aryl methyl sites for hydroxylation is 1. The molecule has 0 aliphatic rings. The number of rotatable bonds is 5. The normalized spacial score (nSPS) is 10.7. The smallest absolute Gasteiger partial charge is 0.248 e. The highest BCUT2D eigenvalue weighted by molar-refractivity contribution is 6.01. The summed E-state index contributed by atoms with van der Waals surface area (Å²) in [7, 11) is 0. The Morgan fingerprint density at radius 1 is 1.20 bits per heavy atom. The van der Waals surface area contributed by atoms with E-state index in [4.69, 9.17) is 4.42 Å². The highest BCUT2D eigenvalue weighted by Crippen LogP contribution is 2.11. The fourth-order valence-electron chi connectivity index (χ4n) is 1.66. The second kappa shape index (κ2) is 6.52. The summed E-state index contributed by atoms with van der Waals surface area (Å²) in [4.78, 5) is 22.2. The number of nitrogens with one attached hydrogen (secondary N) is 1. The molecule has 1 aromatic carbocycles. The molecule has 2 rings (SSSR count). The van der Waals surface area contributed by atoms with Gasteiger partial charge in [0.15, 0.2) is 0 Å². The first-order chi connectivity index (χ1) is 9.71. The van der Waals surface area contributed by atoms with Gasteiger partial charge in [-0.15, -0.1) is 0 Å². The van der Waals surface area contributed by atoms with Crippen molar-refractivity contribution in [3.8, 4) is 0 Å². The van der Waals surface area contributed by atoms with E-state index in [-0.39, 0.29) is 5.91 Å². The van der Waals surface area contributed by atoms with Crippen LogP contribution in [0.5, 0.6) is 0 Å². The molecule has 4 nitrogen and oxygen atoms in total. The van der Waals surface area contributed by atoms with Crippen molar-refractivity contribution in [2.24, 2.45) is 0 Å². The average Bonchev–Trinajstić information content (AvgIpc) is 2.94. The van der Waals surface area contributed by atoms with Crippen LogP contribution in [0.15, 0.2) is 46.9 Å². The van der Waals surface area contributed by atoms with Gasteiger partial charge in [-0.2, -0.15) is 0 Å². The zero-order chi connectivity index (χ0) is 14.4. The predicted molar refractivity (Wildman–Crippen MR) is 77.6 cm³/mol. The molecular formula is C16H15NO3. The SMILES string of the molecule is CCc1ccc(/C=C/C(=O)Nc2ccc(C=O)cc2)o1. The first-order valence-electron chi connectivity index (χ1n) is 6.34. The molecular weight excluding hydrogens is 254 g/mol. The minimum atomic E-state index is -0.252. The number of hydrogen-bond donors (Lipinski definition) is 1. The Balaban J connectivity index is 1.95. The molecule has 2 aromatic rings. The van der Waals surface area contributed by atoms with E-state index in [9.17, 15) is 9.59 Å². The third-order valence-electron chi connectivity index (χ3n) is 2.74. The Bertz CT molecular complexity index is 623. The molecule has 0 aliphatic heterocycles. The fourth-order valence-corrected chi connectivity index (χ4v) is 1.66. The summed E-state index contributed by atoms with van der Waals surface area (Å²) in [6, 6.07) is 10.4. The van der Waals surface area contributed by atoms with E-state index < -0.39 is 0 Å². The lowest BCUT2D eigenvalue weighted by Crippen LogP contribution is -2.07. The van der Waals surface area contributed by atoms with E-state index in [2.05, 4.69) is 5.32 Å². The maximum Gasteiger partial charge on any atom is 0.248 e.